The van der Waals surface area contributed by atoms with Gasteiger partial charge in [-0.15, -0.1) is 0 Å². The van der Waals surface area contributed by atoms with E-state index < -0.39 is 21.1 Å². The average molecular weight is 321 g/mol. The molecule has 92 valence electrons. The van der Waals surface area contributed by atoms with Crippen LogP contribution in [0.5, 0.6) is 0 Å². The number of sulfonamides is 1. The normalized spacial score (nSPS) is 12.8. The maximum Gasteiger partial charge on any atom is 0.249 e. The van der Waals surface area contributed by atoms with Gasteiger partial charge in [-0.25, -0.2) is 12.8 Å². The minimum Gasteiger partial charge on any atom is -0.281 e. The minimum atomic E-state index is -3.77. The molecular weight excluding hydrogens is 311 g/mol. The molecule has 7 heteroatoms. The molecule has 0 radical (unpaired) electrons. The van der Waals surface area contributed by atoms with E-state index in [4.69, 9.17) is 5.26 Å². The number of anilines is 1. The molecule has 0 aliphatic heterocycles. The number of nitrogens with one attached hydrogen (secondary N) is 1. The molecule has 0 aliphatic rings. The van der Waals surface area contributed by atoms with Crippen LogP contribution < -0.4 is 4.72 Å². The third-order valence-electron chi connectivity index (χ3n) is 2.07. The number of rotatable bonds is 4. The van der Waals surface area contributed by atoms with Gasteiger partial charge in [-0.05, 0) is 40.5 Å². The van der Waals surface area contributed by atoms with E-state index in [1.165, 1.54) is 6.07 Å². The van der Waals surface area contributed by atoms with Gasteiger partial charge in [0.2, 0.25) is 10.0 Å². The highest BCUT2D eigenvalue weighted by Gasteiger charge is 2.23. The van der Waals surface area contributed by atoms with Crippen molar-refractivity contribution in [2.24, 2.45) is 0 Å². The number of hydrogen-bond acceptors (Lipinski definition) is 3. The Kier molecular flexibility index (Phi) is 4.48. The molecule has 0 aromatic heterocycles. The van der Waals surface area contributed by atoms with Crippen molar-refractivity contribution < 1.29 is 12.8 Å². The molecule has 1 unspecified atom stereocenters. The first kappa shape index (κ1) is 13.9. The Bertz CT molecular complexity index is 554. The zero-order chi connectivity index (χ0) is 13.1. The SMILES string of the molecule is CCC(C#N)S(=O)(=O)Nc1ccc(F)cc1Br. The van der Waals surface area contributed by atoms with Gasteiger partial charge in [-0.2, -0.15) is 5.26 Å². The van der Waals surface area contributed by atoms with Crippen molar-refractivity contribution in [1.29, 1.82) is 5.26 Å². The Labute approximate surface area is 108 Å². The van der Waals surface area contributed by atoms with E-state index >= 15 is 0 Å². The second-order valence-corrected chi connectivity index (χ2v) is 6.01. The summed E-state index contributed by atoms with van der Waals surface area (Å²) in [6, 6.07) is 5.27. The zero-order valence-electron chi connectivity index (χ0n) is 8.94. The topological polar surface area (TPSA) is 70.0 Å². The predicted molar refractivity (Wildman–Crippen MR) is 66.3 cm³/mol. The number of nitrogens with zero attached hydrogens (tertiary/aromatic N) is 1. The largest absolute Gasteiger partial charge is 0.281 e. The van der Waals surface area contributed by atoms with Crippen LogP contribution in [0.15, 0.2) is 22.7 Å². The fraction of sp³-hybridized carbons (Fsp3) is 0.300. The van der Waals surface area contributed by atoms with E-state index in [0.29, 0.717) is 0 Å². The first-order valence-electron chi connectivity index (χ1n) is 4.77. The summed E-state index contributed by atoms with van der Waals surface area (Å²) in [7, 11) is -3.77. The third-order valence-corrected chi connectivity index (χ3v) is 4.42. The summed E-state index contributed by atoms with van der Waals surface area (Å²) < 4.78 is 38.9. The average Bonchev–Trinajstić information content (AvgIpc) is 2.23. The Morgan fingerprint density at radius 1 is 1.59 bits per heavy atom. The van der Waals surface area contributed by atoms with Gasteiger partial charge in [-0.3, -0.25) is 4.72 Å². The van der Waals surface area contributed by atoms with E-state index in [1.807, 2.05) is 0 Å². The maximum absolute atomic E-state index is 12.8. The molecule has 0 bridgehead atoms. The smallest absolute Gasteiger partial charge is 0.249 e. The molecule has 1 atom stereocenters. The molecule has 0 saturated heterocycles. The molecule has 1 aromatic carbocycles. The Balaban J connectivity index is 3.03. The van der Waals surface area contributed by atoms with Crippen molar-refractivity contribution in [3.05, 3.63) is 28.5 Å². The summed E-state index contributed by atoms with van der Waals surface area (Å²) in [5, 5.41) is 7.59. The molecule has 17 heavy (non-hydrogen) atoms. The second-order valence-electron chi connectivity index (χ2n) is 3.30. The highest BCUT2D eigenvalue weighted by atomic mass is 79.9. The molecule has 1 rings (SSSR count). The fourth-order valence-corrected chi connectivity index (χ4v) is 2.96. The molecule has 0 aliphatic carbocycles. The summed E-state index contributed by atoms with van der Waals surface area (Å²) in [6.45, 7) is 1.60. The van der Waals surface area contributed by atoms with Crippen LogP contribution in [0, 0.1) is 17.1 Å². The summed E-state index contributed by atoms with van der Waals surface area (Å²) in [4.78, 5) is 0. The second kappa shape index (κ2) is 5.47. The van der Waals surface area contributed by atoms with Crippen molar-refractivity contribution >= 4 is 31.6 Å². The van der Waals surface area contributed by atoms with Gasteiger partial charge >= 0.3 is 0 Å². The van der Waals surface area contributed by atoms with Crippen molar-refractivity contribution in [3.8, 4) is 6.07 Å². The third kappa shape index (κ3) is 3.41. The number of benzene rings is 1. The van der Waals surface area contributed by atoms with Crippen molar-refractivity contribution in [3.63, 3.8) is 0 Å². The van der Waals surface area contributed by atoms with E-state index in [0.717, 1.165) is 12.1 Å². The van der Waals surface area contributed by atoms with Crippen molar-refractivity contribution in [2.75, 3.05) is 4.72 Å². The Hall–Kier alpha value is -1.13. The van der Waals surface area contributed by atoms with Crippen LogP contribution in [-0.2, 0) is 10.0 Å². The lowest BCUT2D eigenvalue weighted by atomic mass is 10.3. The summed E-state index contributed by atoms with van der Waals surface area (Å²) in [6.07, 6.45) is 0.185. The van der Waals surface area contributed by atoms with Crippen molar-refractivity contribution in [2.45, 2.75) is 18.6 Å². The van der Waals surface area contributed by atoms with Crippen LogP contribution in [0.4, 0.5) is 10.1 Å². The first-order valence-corrected chi connectivity index (χ1v) is 7.11. The molecule has 4 nitrogen and oxygen atoms in total. The fourth-order valence-electron chi connectivity index (χ4n) is 1.18. The minimum absolute atomic E-state index is 0.185. The van der Waals surface area contributed by atoms with Crippen LogP contribution in [0.1, 0.15) is 13.3 Å². The van der Waals surface area contributed by atoms with Gasteiger partial charge in [-0.1, -0.05) is 6.92 Å². The number of halogens is 2. The van der Waals surface area contributed by atoms with Crippen LogP contribution in [0.3, 0.4) is 0 Å². The lowest BCUT2D eigenvalue weighted by molar-refractivity contribution is 0.592. The molecule has 0 spiro atoms. The number of hydrogen-bond donors (Lipinski definition) is 1. The van der Waals surface area contributed by atoms with E-state index in [2.05, 4.69) is 20.7 Å². The van der Waals surface area contributed by atoms with Crippen LogP contribution in [0.25, 0.3) is 0 Å². The van der Waals surface area contributed by atoms with Gasteiger partial charge in [0.15, 0.2) is 5.25 Å². The van der Waals surface area contributed by atoms with Gasteiger partial charge in [0.25, 0.3) is 0 Å². The van der Waals surface area contributed by atoms with E-state index in [1.54, 1.807) is 13.0 Å². The maximum atomic E-state index is 12.8. The Morgan fingerprint density at radius 2 is 2.24 bits per heavy atom. The van der Waals surface area contributed by atoms with Gasteiger partial charge in [0, 0.05) is 4.47 Å². The van der Waals surface area contributed by atoms with Crippen LogP contribution in [0.2, 0.25) is 0 Å². The molecule has 1 N–H and O–H groups in total. The summed E-state index contributed by atoms with van der Waals surface area (Å²) in [5.74, 6) is -0.479. The lowest BCUT2D eigenvalue weighted by Gasteiger charge is -2.12. The zero-order valence-corrected chi connectivity index (χ0v) is 11.3. The van der Waals surface area contributed by atoms with Crippen LogP contribution >= 0.6 is 15.9 Å². The highest BCUT2D eigenvalue weighted by molar-refractivity contribution is 9.10. The van der Waals surface area contributed by atoms with Crippen molar-refractivity contribution in [1.82, 2.24) is 0 Å². The van der Waals surface area contributed by atoms with E-state index in [-0.39, 0.29) is 16.6 Å². The van der Waals surface area contributed by atoms with Crippen LogP contribution in [-0.4, -0.2) is 13.7 Å². The standard InChI is InChI=1S/C10H10BrFN2O2S/c1-2-8(6-13)17(15,16)14-10-4-3-7(12)5-9(10)11/h3-5,8,14H,2H2,1H3. The molecular formula is C10H10BrFN2O2S. The molecule has 0 saturated carbocycles. The van der Waals surface area contributed by atoms with Gasteiger partial charge in [0.05, 0.1) is 11.8 Å². The Morgan fingerprint density at radius 3 is 2.71 bits per heavy atom. The van der Waals surface area contributed by atoms with E-state index in [9.17, 15) is 12.8 Å². The predicted octanol–water partition coefficient (Wildman–Crippen LogP) is 2.63. The number of nitriles is 1. The quantitative estimate of drug-likeness (QED) is 0.927. The van der Waals surface area contributed by atoms with Gasteiger partial charge < -0.3 is 0 Å². The lowest BCUT2D eigenvalue weighted by Crippen LogP contribution is -2.26. The molecule has 0 amide bonds. The molecule has 0 fully saturated rings. The molecule has 0 heterocycles. The first-order chi connectivity index (χ1) is 7.90. The van der Waals surface area contributed by atoms with Gasteiger partial charge in [0.1, 0.15) is 5.82 Å². The molecule has 1 aromatic rings. The summed E-state index contributed by atoms with van der Waals surface area (Å²) >= 11 is 3.04. The monoisotopic (exact) mass is 320 g/mol. The highest BCUT2D eigenvalue weighted by Crippen LogP contribution is 2.25. The summed E-state index contributed by atoms with van der Waals surface area (Å²) in [5.41, 5.74) is 0.208.